The number of hydrogen-bond acceptors (Lipinski definition) is 5. The summed E-state index contributed by atoms with van der Waals surface area (Å²) in [7, 11) is 1.34. The van der Waals surface area contributed by atoms with E-state index in [0.29, 0.717) is 41.4 Å². The summed E-state index contributed by atoms with van der Waals surface area (Å²) in [5.41, 5.74) is 7.70. The standard InChI is InChI=1S/C15H16FN3O3/c1-8-3-11(16)10(4-12(8)17)13-5-14(22-18-13)9-6-19(7-9)15(20)21-2/h3-5,9H,6-7,17H2,1-2H3. The van der Waals surface area contributed by atoms with Gasteiger partial charge in [-0.2, -0.15) is 0 Å². The average Bonchev–Trinajstić information content (AvgIpc) is 2.90. The highest BCUT2D eigenvalue weighted by molar-refractivity contribution is 5.69. The third-order valence-electron chi connectivity index (χ3n) is 3.88. The highest BCUT2D eigenvalue weighted by Crippen LogP contribution is 2.32. The molecule has 1 saturated heterocycles. The minimum Gasteiger partial charge on any atom is -0.453 e. The number of carbonyl (C=O) groups is 1. The number of ether oxygens (including phenoxy) is 1. The van der Waals surface area contributed by atoms with Crippen LogP contribution in [0.15, 0.2) is 22.7 Å². The Morgan fingerprint density at radius 1 is 1.45 bits per heavy atom. The molecule has 0 radical (unpaired) electrons. The summed E-state index contributed by atoms with van der Waals surface area (Å²) in [6.45, 7) is 2.74. The van der Waals surface area contributed by atoms with Gasteiger partial charge in [-0.15, -0.1) is 0 Å². The second-order valence-electron chi connectivity index (χ2n) is 5.38. The van der Waals surface area contributed by atoms with E-state index in [0.717, 1.165) is 0 Å². The number of nitrogen functional groups attached to an aromatic ring is 1. The number of hydrogen-bond donors (Lipinski definition) is 1. The van der Waals surface area contributed by atoms with Gasteiger partial charge in [-0.3, -0.25) is 0 Å². The van der Waals surface area contributed by atoms with E-state index >= 15 is 0 Å². The number of aryl methyl sites for hydroxylation is 1. The largest absolute Gasteiger partial charge is 0.453 e. The van der Waals surface area contributed by atoms with E-state index in [1.807, 2.05) is 0 Å². The molecule has 1 aliphatic heterocycles. The van der Waals surface area contributed by atoms with Crippen molar-refractivity contribution in [2.75, 3.05) is 25.9 Å². The van der Waals surface area contributed by atoms with E-state index in [-0.39, 0.29) is 12.0 Å². The quantitative estimate of drug-likeness (QED) is 0.862. The van der Waals surface area contributed by atoms with Crippen LogP contribution in [0.4, 0.5) is 14.9 Å². The molecule has 22 heavy (non-hydrogen) atoms. The fourth-order valence-corrected chi connectivity index (χ4v) is 2.43. The third kappa shape index (κ3) is 2.38. The van der Waals surface area contributed by atoms with Gasteiger partial charge in [0, 0.05) is 30.4 Å². The number of amides is 1. The maximum atomic E-state index is 14.0. The zero-order chi connectivity index (χ0) is 15.9. The molecule has 1 fully saturated rings. The van der Waals surface area contributed by atoms with Crippen molar-refractivity contribution in [3.05, 3.63) is 35.3 Å². The summed E-state index contributed by atoms with van der Waals surface area (Å²) in [6, 6.07) is 4.61. The first kappa shape index (κ1) is 14.4. The van der Waals surface area contributed by atoms with Gasteiger partial charge in [0.05, 0.1) is 13.0 Å². The van der Waals surface area contributed by atoms with Crippen molar-refractivity contribution in [1.29, 1.82) is 0 Å². The van der Waals surface area contributed by atoms with Crippen LogP contribution in [-0.2, 0) is 4.74 Å². The molecule has 0 spiro atoms. The number of aromatic nitrogens is 1. The number of halogens is 1. The first-order valence-electron chi connectivity index (χ1n) is 6.85. The van der Waals surface area contributed by atoms with Crippen molar-refractivity contribution in [2.45, 2.75) is 12.8 Å². The van der Waals surface area contributed by atoms with E-state index in [1.165, 1.54) is 13.2 Å². The molecule has 1 amide bonds. The van der Waals surface area contributed by atoms with Crippen LogP contribution in [0.3, 0.4) is 0 Å². The lowest BCUT2D eigenvalue weighted by Gasteiger charge is -2.36. The number of carbonyl (C=O) groups excluding carboxylic acids is 1. The van der Waals surface area contributed by atoms with Crippen LogP contribution in [0.5, 0.6) is 0 Å². The lowest BCUT2D eigenvalue weighted by atomic mass is 9.97. The third-order valence-corrected chi connectivity index (χ3v) is 3.88. The number of likely N-dealkylation sites (tertiary alicyclic amines) is 1. The van der Waals surface area contributed by atoms with Crippen LogP contribution in [0.2, 0.25) is 0 Å². The fraction of sp³-hybridized carbons (Fsp3) is 0.333. The van der Waals surface area contributed by atoms with Crippen molar-refractivity contribution in [3.8, 4) is 11.3 Å². The van der Waals surface area contributed by atoms with Gasteiger partial charge in [-0.25, -0.2) is 9.18 Å². The van der Waals surface area contributed by atoms with Crippen LogP contribution in [0.1, 0.15) is 17.2 Å². The lowest BCUT2D eigenvalue weighted by Crippen LogP contribution is -2.48. The number of benzene rings is 1. The Kier molecular flexibility index (Phi) is 3.48. The molecule has 6 nitrogen and oxygen atoms in total. The zero-order valence-electron chi connectivity index (χ0n) is 12.3. The first-order valence-corrected chi connectivity index (χ1v) is 6.85. The van der Waals surface area contributed by atoms with Gasteiger partial charge in [0.1, 0.15) is 17.3 Å². The topological polar surface area (TPSA) is 81.6 Å². The predicted molar refractivity (Wildman–Crippen MR) is 77.8 cm³/mol. The Bertz CT molecular complexity index is 723. The maximum absolute atomic E-state index is 14.0. The van der Waals surface area contributed by atoms with Crippen LogP contribution in [0, 0.1) is 12.7 Å². The lowest BCUT2D eigenvalue weighted by molar-refractivity contribution is 0.0817. The molecule has 1 aliphatic rings. The molecule has 1 aromatic carbocycles. The molecule has 0 saturated carbocycles. The fourth-order valence-electron chi connectivity index (χ4n) is 2.43. The molecule has 3 rings (SSSR count). The smallest absolute Gasteiger partial charge is 0.409 e. The second kappa shape index (κ2) is 5.32. The van der Waals surface area contributed by atoms with Crippen molar-refractivity contribution in [1.82, 2.24) is 10.1 Å². The molecular weight excluding hydrogens is 289 g/mol. The Hall–Kier alpha value is -2.57. The highest BCUT2D eigenvalue weighted by Gasteiger charge is 2.35. The van der Waals surface area contributed by atoms with E-state index in [1.54, 1.807) is 24.0 Å². The monoisotopic (exact) mass is 305 g/mol. The summed E-state index contributed by atoms with van der Waals surface area (Å²) < 4.78 is 23.9. The molecule has 1 aromatic heterocycles. The van der Waals surface area contributed by atoms with Crippen molar-refractivity contribution >= 4 is 11.8 Å². The Labute approximate surface area is 126 Å². The molecule has 0 unspecified atom stereocenters. The van der Waals surface area contributed by atoms with Crippen molar-refractivity contribution in [3.63, 3.8) is 0 Å². The first-order chi connectivity index (χ1) is 10.5. The number of methoxy groups -OCH3 is 1. The van der Waals surface area contributed by atoms with Gasteiger partial charge in [0.15, 0.2) is 0 Å². The molecule has 0 aliphatic carbocycles. The van der Waals surface area contributed by atoms with Gasteiger partial charge in [-0.1, -0.05) is 5.16 Å². The minimum atomic E-state index is -0.392. The van der Waals surface area contributed by atoms with Gasteiger partial charge < -0.3 is 19.9 Å². The van der Waals surface area contributed by atoms with Gasteiger partial charge >= 0.3 is 6.09 Å². The molecule has 2 N–H and O–H groups in total. The Morgan fingerprint density at radius 3 is 2.86 bits per heavy atom. The Balaban J connectivity index is 1.78. The van der Waals surface area contributed by atoms with Gasteiger partial charge in [-0.05, 0) is 24.6 Å². The molecule has 0 bridgehead atoms. The van der Waals surface area contributed by atoms with E-state index in [4.69, 9.17) is 10.3 Å². The molecule has 2 aromatic rings. The number of nitrogens with two attached hydrogens (primary N) is 1. The summed E-state index contributed by atoms with van der Waals surface area (Å²) in [6.07, 6.45) is -0.367. The van der Waals surface area contributed by atoms with E-state index in [2.05, 4.69) is 9.89 Å². The second-order valence-corrected chi connectivity index (χ2v) is 5.38. The molecule has 0 atom stereocenters. The van der Waals surface area contributed by atoms with Gasteiger partial charge in [0.25, 0.3) is 0 Å². The zero-order valence-corrected chi connectivity index (χ0v) is 12.3. The Morgan fingerprint density at radius 2 is 2.18 bits per heavy atom. The maximum Gasteiger partial charge on any atom is 0.409 e. The minimum absolute atomic E-state index is 0.0474. The van der Waals surface area contributed by atoms with Crippen LogP contribution >= 0.6 is 0 Å². The summed E-state index contributed by atoms with van der Waals surface area (Å²) in [5.74, 6) is 0.274. The molecule has 2 heterocycles. The summed E-state index contributed by atoms with van der Waals surface area (Å²) in [5, 5.41) is 3.91. The molecule has 116 valence electrons. The SMILES string of the molecule is COC(=O)N1CC(c2cc(-c3cc(N)c(C)cc3F)no2)C1. The van der Waals surface area contributed by atoms with Gasteiger partial charge in [0.2, 0.25) is 0 Å². The summed E-state index contributed by atoms with van der Waals surface area (Å²) >= 11 is 0. The van der Waals surface area contributed by atoms with E-state index in [9.17, 15) is 9.18 Å². The van der Waals surface area contributed by atoms with E-state index < -0.39 is 5.82 Å². The van der Waals surface area contributed by atoms with Crippen LogP contribution in [-0.4, -0.2) is 36.3 Å². The molecular formula is C15H16FN3O3. The van der Waals surface area contributed by atoms with Crippen molar-refractivity contribution in [2.24, 2.45) is 0 Å². The number of nitrogens with zero attached hydrogens (tertiary/aromatic N) is 2. The van der Waals surface area contributed by atoms with Crippen molar-refractivity contribution < 1.29 is 18.4 Å². The average molecular weight is 305 g/mol. The number of anilines is 1. The summed E-state index contributed by atoms with van der Waals surface area (Å²) in [4.78, 5) is 12.9. The highest BCUT2D eigenvalue weighted by atomic mass is 19.1. The van der Waals surface area contributed by atoms with Crippen LogP contribution < -0.4 is 5.73 Å². The molecule has 7 heteroatoms. The predicted octanol–water partition coefficient (Wildman–Crippen LogP) is 2.54. The normalized spacial score (nSPS) is 14.8. The van der Waals surface area contributed by atoms with Crippen LogP contribution in [0.25, 0.3) is 11.3 Å². The number of rotatable bonds is 2.